The van der Waals surface area contributed by atoms with Gasteiger partial charge in [-0.15, -0.1) is 0 Å². The predicted molar refractivity (Wildman–Crippen MR) is 82.6 cm³/mol. The second-order valence-corrected chi connectivity index (χ2v) is 6.83. The van der Waals surface area contributed by atoms with Gasteiger partial charge in [-0.2, -0.15) is 5.10 Å². The van der Waals surface area contributed by atoms with E-state index < -0.39 is 5.60 Å². The number of H-pyrrole nitrogens is 1. The molecule has 0 unspecified atom stereocenters. The van der Waals surface area contributed by atoms with Crippen LogP contribution in [-0.4, -0.2) is 50.9 Å². The zero-order valence-corrected chi connectivity index (χ0v) is 13.7. The first-order chi connectivity index (χ1) is 10.3. The van der Waals surface area contributed by atoms with Gasteiger partial charge in [0.05, 0.1) is 0 Å². The molecule has 1 aromatic rings. The number of hydrogen-bond donors (Lipinski definition) is 1. The maximum atomic E-state index is 11.7. The van der Waals surface area contributed by atoms with Gasteiger partial charge in [0.1, 0.15) is 11.9 Å². The number of aromatic nitrogens is 3. The first-order valence-corrected chi connectivity index (χ1v) is 7.91. The summed E-state index contributed by atoms with van der Waals surface area (Å²) in [5.74, 6) is -0.132. The molecular weight excluding hydrogens is 284 g/mol. The maximum absolute atomic E-state index is 11.7. The predicted octanol–water partition coefficient (Wildman–Crippen LogP) is 1.33. The number of aromatic amines is 1. The molecule has 22 heavy (non-hydrogen) atoms. The van der Waals surface area contributed by atoms with Gasteiger partial charge < -0.3 is 9.64 Å². The highest BCUT2D eigenvalue weighted by Crippen LogP contribution is 2.20. The zero-order valence-electron chi connectivity index (χ0n) is 13.7. The number of piperidine rings is 1. The van der Waals surface area contributed by atoms with Crippen LogP contribution in [0.2, 0.25) is 0 Å². The molecule has 2 rings (SSSR count). The molecule has 1 saturated heterocycles. The van der Waals surface area contributed by atoms with Crippen LogP contribution < -0.4 is 5.69 Å². The monoisotopic (exact) mass is 310 g/mol. The standard InChI is InChI=1S/C15H26N4O3/c1-15(2,3)22-13(20)5-4-8-18-9-6-12(7-10-18)19-11-16-17-14(19)21/h11-12H,4-10H2,1-3H3,(H,17,21). The molecular formula is C15H26N4O3. The molecule has 0 atom stereocenters. The fraction of sp³-hybridized carbons (Fsp3) is 0.800. The Kier molecular flexibility index (Phi) is 5.39. The molecule has 1 aliphatic rings. The Morgan fingerprint density at radius 3 is 2.64 bits per heavy atom. The fourth-order valence-electron chi connectivity index (χ4n) is 2.78. The van der Waals surface area contributed by atoms with Crippen molar-refractivity contribution in [2.24, 2.45) is 0 Å². The van der Waals surface area contributed by atoms with Crippen LogP contribution in [0.4, 0.5) is 0 Å². The second-order valence-electron chi connectivity index (χ2n) is 6.83. The Labute approximate surface area is 130 Å². The minimum absolute atomic E-state index is 0.132. The molecule has 0 saturated carbocycles. The number of carbonyl (C=O) groups is 1. The summed E-state index contributed by atoms with van der Waals surface area (Å²) in [4.78, 5) is 25.5. The third-order valence-corrected chi connectivity index (χ3v) is 3.80. The van der Waals surface area contributed by atoms with Crippen LogP contribution in [0.5, 0.6) is 0 Å². The highest BCUT2D eigenvalue weighted by Gasteiger charge is 2.22. The topological polar surface area (TPSA) is 80.2 Å². The van der Waals surface area contributed by atoms with Crippen LogP contribution in [0.15, 0.2) is 11.1 Å². The average Bonchev–Trinajstić information content (AvgIpc) is 2.84. The zero-order chi connectivity index (χ0) is 16.2. The van der Waals surface area contributed by atoms with Crippen molar-refractivity contribution < 1.29 is 9.53 Å². The fourth-order valence-corrected chi connectivity index (χ4v) is 2.78. The van der Waals surface area contributed by atoms with E-state index in [-0.39, 0.29) is 17.7 Å². The Hall–Kier alpha value is -1.63. The van der Waals surface area contributed by atoms with E-state index in [4.69, 9.17) is 4.74 Å². The van der Waals surface area contributed by atoms with Crippen molar-refractivity contribution >= 4 is 5.97 Å². The van der Waals surface area contributed by atoms with Crippen LogP contribution in [0.1, 0.15) is 52.5 Å². The molecule has 0 bridgehead atoms. The van der Waals surface area contributed by atoms with Crippen molar-refractivity contribution in [3.63, 3.8) is 0 Å². The lowest BCUT2D eigenvalue weighted by atomic mass is 10.0. The van der Waals surface area contributed by atoms with Crippen LogP contribution in [-0.2, 0) is 9.53 Å². The smallest absolute Gasteiger partial charge is 0.343 e. The van der Waals surface area contributed by atoms with Gasteiger partial charge in [-0.1, -0.05) is 0 Å². The van der Waals surface area contributed by atoms with Gasteiger partial charge in [-0.3, -0.25) is 9.36 Å². The number of ether oxygens (including phenoxy) is 1. The van der Waals surface area contributed by atoms with Gasteiger partial charge in [0.15, 0.2) is 0 Å². The summed E-state index contributed by atoms with van der Waals surface area (Å²) in [6, 6.07) is 0.230. The van der Waals surface area contributed by atoms with Gasteiger partial charge in [0.2, 0.25) is 0 Å². The third kappa shape index (κ3) is 4.98. The lowest BCUT2D eigenvalue weighted by Crippen LogP contribution is -2.37. The Balaban J connectivity index is 1.67. The molecule has 0 amide bonds. The van der Waals surface area contributed by atoms with E-state index in [1.807, 2.05) is 20.8 Å². The van der Waals surface area contributed by atoms with Crippen LogP contribution in [0, 0.1) is 0 Å². The van der Waals surface area contributed by atoms with Crippen molar-refractivity contribution in [1.29, 1.82) is 0 Å². The summed E-state index contributed by atoms with van der Waals surface area (Å²) < 4.78 is 6.98. The van der Waals surface area contributed by atoms with Crippen LogP contribution >= 0.6 is 0 Å². The molecule has 1 aliphatic heterocycles. The summed E-state index contributed by atoms with van der Waals surface area (Å²) in [6.45, 7) is 8.42. The number of rotatable bonds is 5. The highest BCUT2D eigenvalue weighted by atomic mass is 16.6. The molecule has 0 aliphatic carbocycles. The highest BCUT2D eigenvalue weighted by molar-refractivity contribution is 5.69. The second kappa shape index (κ2) is 7.09. The minimum Gasteiger partial charge on any atom is -0.460 e. The number of nitrogens with one attached hydrogen (secondary N) is 1. The van der Waals surface area contributed by atoms with Crippen molar-refractivity contribution in [3.05, 3.63) is 16.8 Å². The van der Waals surface area contributed by atoms with Gasteiger partial charge in [0.25, 0.3) is 0 Å². The lowest BCUT2D eigenvalue weighted by Gasteiger charge is -2.31. The summed E-state index contributed by atoms with van der Waals surface area (Å²) in [7, 11) is 0. The first kappa shape index (κ1) is 16.7. The number of likely N-dealkylation sites (tertiary alicyclic amines) is 1. The van der Waals surface area contributed by atoms with E-state index >= 15 is 0 Å². The van der Waals surface area contributed by atoms with Crippen molar-refractivity contribution in [2.45, 2.75) is 58.1 Å². The van der Waals surface area contributed by atoms with E-state index in [9.17, 15) is 9.59 Å². The molecule has 1 N–H and O–H groups in total. The van der Waals surface area contributed by atoms with Gasteiger partial charge >= 0.3 is 11.7 Å². The number of nitrogens with zero attached hydrogens (tertiary/aromatic N) is 3. The summed E-state index contributed by atoms with van der Waals surface area (Å²) in [5.41, 5.74) is -0.545. The largest absolute Gasteiger partial charge is 0.460 e. The molecule has 2 heterocycles. The van der Waals surface area contributed by atoms with E-state index in [0.717, 1.165) is 38.9 Å². The molecule has 0 aromatic carbocycles. The van der Waals surface area contributed by atoms with E-state index in [2.05, 4.69) is 15.1 Å². The van der Waals surface area contributed by atoms with Crippen LogP contribution in [0.3, 0.4) is 0 Å². The Morgan fingerprint density at radius 2 is 2.09 bits per heavy atom. The number of hydrogen-bond acceptors (Lipinski definition) is 5. The molecule has 1 aromatic heterocycles. The van der Waals surface area contributed by atoms with E-state index in [1.165, 1.54) is 0 Å². The molecule has 0 spiro atoms. The van der Waals surface area contributed by atoms with Gasteiger partial charge in [-0.05, 0) is 46.6 Å². The molecule has 1 fully saturated rings. The van der Waals surface area contributed by atoms with Crippen molar-refractivity contribution in [1.82, 2.24) is 19.7 Å². The summed E-state index contributed by atoms with van der Waals surface area (Å²) in [6.07, 6.45) is 4.71. The minimum atomic E-state index is -0.409. The quantitative estimate of drug-likeness (QED) is 0.830. The Morgan fingerprint density at radius 1 is 1.41 bits per heavy atom. The van der Waals surface area contributed by atoms with Gasteiger partial charge in [0, 0.05) is 25.6 Å². The molecule has 7 heteroatoms. The normalized spacial score (nSPS) is 17.6. The number of carbonyl (C=O) groups excluding carboxylic acids is 1. The maximum Gasteiger partial charge on any atom is 0.343 e. The number of esters is 1. The van der Waals surface area contributed by atoms with Crippen LogP contribution in [0.25, 0.3) is 0 Å². The summed E-state index contributed by atoms with van der Waals surface area (Å²) in [5, 5.41) is 6.21. The molecule has 124 valence electrons. The van der Waals surface area contributed by atoms with E-state index in [1.54, 1.807) is 10.9 Å². The van der Waals surface area contributed by atoms with Gasteiger partial charge in [-0.25, -0.2) is 9.89 Å². The van der Waals surface area contributed by atoms with Crippen molar-refractivity contribution in [2.75, 3.05) is 19.6 Å². The lowest BCUT2D eigenvalue weighted by molar-refractivity contribution is -0.155. The molecule has 7 nitrogen and oxygen atoms in total. The Bertz CT molecular complexity index is 535. The van der Waals surface area contributed by atoms with E-state index in [0.29, 0.717) is 6.42 Å². The summed E-state index contributed by atoms with van der Waals surface area (Å²) >= 11 is 0. The molecule has 0 radical (unpaired) electrons. The SMILES string of the molecule is CC(C)(C)OC(=O)CCCN1CCC(n2cn[nH]c2=O)CC1. The third-order valence-electron chi connectivity index (χ3n) is 3.80. The van der Waals surface area contributed by atoms with Crippen molar-refractivity contribution in [3.8, 4) is 0 Å². The first-order valence-electron chi connectivity index (χ1n) is 7.91. The average molecular weight is 310 g/mol.